The van der Waals surface area contributed by atoms with E-state index in [2.05, 4.69) is 67.5 Å². The molecule has 6 fully saturated rings. The van der Waals surface area contributed by atoms with Crippen molar-refractivity contribution in [2.45, 2.75) is 178 Å². The molecule has 6 aliphatic rings. The maximum absolute atomic E-state index is 9.86. The summed E-state index contributed by atoms with van der Waals surface area (Å²) in [5.41, 5.74) is 9.55. The van der Waals surface area contributed by atoms with Gasteiger partial charge in [0.25, 0.3) is 0 Å². The first-order valence-electron chi connectivity index (χ1n) is 22.5. The summed E-state index contributed by atoms with van der Waals surface area (Å²) in [4.78, 5) is 0. The lowest BCUT2D eigenvalue weighted by Gasteiger charge is -2.23. The molecule has 0 aliphatic heterocycles. The molecular formula is C53H80O3. The number of fused-ring (bicyclic) bond motifs is 10. The SMILES string of the molecule is C1CC2C3CCC(C3)C2C1.C1CC2C3CCC(C3)C2C1.Cc1cc(C)c(O)c(C(C)(C)C)c1.Cc1cc(C)c(O)c(C(C)(C)C)c1.Cc1cc(C)c(O)c(C)c1. The van der Waals surface area contributed by atoms with Crippen molar-refractivity contribution in [3.8, 4) is 17.2 Å². The number of rotatable bonds is 0. The highest BCUT2D eigenvalue weighted by Crippen LogP contribution is 2.59. The third-order valence-corrected chi connectivity index (χ3v) is 14.8. The minimum atomic E-state index is 0.0147. The van der Waals surface area contributed by atoms with Crippen LogP contribution in [0, 0.1) is 95.8 Å². The van der Waals surface area contributed by atoms with Crippen LogP contribution in [0.5, 0.6) is 17.2 Å². The molecule has 0 aromatic heterocycles. The molecule has 0 amide bonds. The lowest BCUT2D eigenvalue weighted by molar-refractivity contribution is 0.259. The number of aryl methyl sites for hydroxylation is 7. The highest BCUT2D eigenvalue weighted by molar-refractivity contribution is 5.47. The van der Waals surface area contributed by atoms with Crippen LogP contribution < -0.4 is 0 Å². The molecule has 3 aromatic rings. The number of benzene rings is 3. The van der Waals surface area contributed by atoms with Crippen molar-refractivity contribution in [3.63, 3.8) is 0 Å². The lowest BCUT2D eigenvalue weighted by atomic mass is 9.82. The molecule has 6 saturated carbocycles. The largest absolute Gasteiger partial charge is 0.507 e. The Labute approximate surface area is 343 Å². The topological polar surface area (TPSA) is 60.7 Å². The Morgan fingerprint density at radius 1 is 0.375 bits per heavy atom. The van der Waals surface area contributed by atoms with Crippen LogP contribution in [0.1, 0.15) is 169 Å². The monoisotopic (exact) mass is 765 g/mol. The molecule has 0 heterocycles. The summed E-state index contributed by atoms with van der Waals surface area (Å²) in [5, 5.41) is 29.0. The molecular weight excluding hydrogens is 685 g/mol. The Hall–Kier alpha value is -2.94. The summed E-state index contributed by atoms with van der Waals surface area (Å²) in [5.74, 6) is 10.9. The molecule has 4 bridgehead atoms. The van der Waals surface area contributed by atoms with E-state index >= 15 is 0 Å². The molecule has 0 saturated heterocycles. The standard InChI is InChI=1S/2C12H18O.2C10H16.C9H12O/c2*1-8-6-9(2)11(13)10(7-8)12(3,4)5;2*1-2-9-7-4-5-8(6-7)10(9)3-1;1-6-4-7(2)9(10)8(3)5-6/h2*6-7,13H,1-5H3;2*7-10H,1-6H2;4-5,10H,1-3H3. The van der Waals surface area contributed by atoms with E-state index in [0.29, 0.717) is 17.2 Å². The van der Waals surface area contributed by atoms with Gasteiger partial charge >= 0.3 is 0 Å². The van der Waals surface area contributed by atoms with E-state index in [1.807, 2.05) is 58.9 Å². The lowest BCUT2D eigenvalue weighted by Crippen LogP contribution is -2.15. The molecule has 3 nitrogen and oxygen atoms in total. The van der Waals surface area contributed by atoms with Gasteiger partial charge in [-0.25, -0.2) is 0 Å². The molecule has 6 aliphatic carbocycles. The fourth-order valence-corrected chi connectivity index (χ4v) is 12.3. The van der Waals surface area contributed by atoms with Crippen molar-refractivity contribution < 1.29 is 15.3 Å². The zero-order valence-electron chi connectivity index (χ0n) is 37.9. The van der Waals surface area contributed by atoms with E-state index < -0.39 is 0 Å². The van der Waals surface area contributed by atoms with Crippen molar-refractivity contribution >= 4 is 0 Å². The van der Waals surface area contributed by atoms with Gasteiger partial charge in [0.05, 0.1) is 0 Å². The Kier molecular flexibility index (Phi) is 14.1. The van der Waals surface area contributed by atoms with Gasteiger partial charge in [-0.3, -0.25) is 0 Å². The van der Waals surface area contributed by atoms with Crippen molar-refractivity contribution in [2.24, 2.45) is 47.3 Å². The average molecular weight is 765 g/mol. The maximum Gasteiger partial charge on any atom is 0.122 e. The van der Waals surface area contributed by atoms with E-state index in [4.69, 9.17) is 0 Å². The van der Waals surface area contributed by atoms with Gasteiger partial charge in [-0.2, -0.15) is 0 Å². The van der Waals surface area contributed by atoms with Crippen LogP contribution in [0.3, 0.4) is 0 Å². The molecule has 3 heteroatoms. The van der Waals surface area contributed by atoms with Crippen molar-refractivity contribution in [1.82, 2.24) is 0 Å². The van der Waals surface area contributed by atoms with Gasteiger partial charge in [0.2, 0.25) is 0 Å². The number of phenols is 3. The minimum absolute atomic E-state index is 0.0147. The predicted octanol–water partition coefficient (Wildman–Crippen LogP) is 14.6. The predicted molar refractivity (Wildman–Crippen MR) is 238 cm³/mol. The third-order valence-electron chi connectivity index (χ3n) is 14.8. The molecule has 3 N–H and O–H groups in total. The number of hydrogen-bond acceptors (Lipinski definition) is 3. The summed E-state index contributed by atoms with van der Waals surface area (Å²) in [6.45, 7) is 26.5. The minimum Gasteiger partial charge on any atom is -0.507 e. The Balaban J connectivity index is 0.000000134. The Morgan fingerprint density at radius 2 is 0.625 bits per heavy atom. The van der Waals surface area contributed by atoms with Crippen molar-refractivity contribution in [2.75, 3.05) is 0 Å². The molecule has 0 spiro atoms. The Morgan fingerprint density at radius 3 is 0.893 bits per heavy atom. The molecule has 0 radical (unpaired) electrons. The second-order valence-electron chi connectivity index (χ2n) is 21.4. The summed E-state index contributed by atoms with van der Waals surface area (Å²) in [6, 6.07) is 12.1. The van der Waals surface area contributed by atoms with Crippen LogP contribution in [0.4, 0.5) is 0 Å². The van der Waals surface area contributed by atoms with Gasteiger partial charge in [0.15, 0.2) is 0 Å². The summed E-state index contributed by atoms with van der Waals surface area (Å²) in [7, 11) is 0. The first-order valence-corrected chi connectivity index (χ1v) is 22.5. The van der Waals surface area contributed by atoms with E-state index in [0.717, 1.165) is 33.4 Å². The molecule has 3 aromatic carbocycles. The van der Waals surface area contributed by atoms with Crippen molar-refractivity contribution in [3.05, 3.63) is 86.5 Å². The second kappa shape index (κ2) is 17.9. The van der Waals surface area contributed by atoms with Gasteiger partial charge < -0.3 is 15.3 Å². The maximum atomic E-state index is 9.86. The van der Waals surface area contributed by atoms with Gasteiger partial charge in [0, 0.05) is 0 Å². The number of phenolic OH excluding ortho intramolecular Hbond substituents is 3. The third kappa shape index (κ3) is 10.4. The van der Waals surface area contributed by atoms with E-state index in [9.17, 15) is 15.3 Å². The summed E-state index contributed by atoms with van der Waals surface area (Å²) < 4.78 is 0. The smallest absolute Gasteiger partial charge is 0.122 e. The number of hydrogen-bond donors (Lipinski definition) is 3. The van der Waals surface area contributed by atoms with Crippen LogP contribution in [0.25, 0.3) is 0 Å². The molecule has 310 valence electrons. The van der Waals surface area contributed by atoms with Crippen LogP contribution in [-0.4, -0.2) is 15.3 Å². The highest BCUT2D eigenvalue weighted by Gasteiger charge is 2.49. The van der Waals surface area contributed by atoms with Gasteiger partial charge in [-0.05, 0) is 204 Å². The zero-order valence-corrected chi connectivity index (χ0v) is 37.9. The molecule has 56 heavy (non-hydrogen) atoms. The van der Waals surface area contributed by atoms with Gasteiger partial charge in [-0.15, -0.1) is 0 Å². The van der Waals surface area contributed by atoms with E-state index in [1.54, 1.807) is 77.0 Å². The van der Waals surface area contributed by atoms with Crippen molar-refractivity contribution in [1.29, 1.82) is 0 Å². The fourth-order valence-electron chi connectivity index (χ4n) is 12.3. The summed E-state index contributed by atoms with van der Waals surface area (Å²) in [6.07, 6.45) is 19.1. The van der Waals surface area contributed by atoms with Crippen LogP contribution in [0.2, 0.25) is 0 Å². The first-order chi connectivity index (χ1) is 26.1. The Bertz CT molecular complexity index is 1630. The quantitative estimate of drug-likeness (QED) is 0.214. The van der Waals surface area contributed by atoms with Gasteiger partial charge in [0.1, 0.15) is 17.2 Å². The van der Waals surface area contributed by atoms with Gasteiger partial charge in [-0.1, -0.05) is 107 Å². The average Bonchev–Trinajstić information content (AvgIpc) is 3.95. The second-order valence-corrected chi connectivity index (χ2v) is 21.4. The van der Waals surface area contributed by atoms with E-state index in [1.165, 1.54) is 64.0 Å². The zero-order chi connectivity index (χ0) is 41.3. The molecule has 8 unspecified atom stereocenters. The first kappa shape index (κ1) is 44.2. The fraction of sp³-hybridized carbons (Fsp3) is 0.660. The normalized spacial score (nSPS) is 27.8. The molecule has 8 atom stereocenters. The van der Waals surface area contributed by atoms with Crippen LogP contribution in [0.15, 0.2) is 36.4 Å². The van der Waals surface area contributed by atoms with Crippen LogP contribution in [-0.2, 0) is 10.8 Å². The van der Waals surface area contributed by atoms with Crippen LogP contribution >= 0.6 is 0 Å². The van der Waals surface area contributed by atoms with E-state index in [-0.39, 0.29) is 10.8 Å². The molecule has 9 rings (SSSR count). The highest BCUT2D eigenvalue weighted by atomic mass is 16.3. The number of aromatic hydroxyl groups is 3. The summed E-state index contributed by atoms with van der Waals surface area (Å²) >= 11 is 0.